The van der Waals surface area contributed by atoms with Gasteiger partial charge < -0.3 is 5.32 Å². The lowest BCUT2D eigenvalue weighted by atomic mass is 10.1. The van der Waals surface area contributed by atoms with Gasteiger partial charge in [-0.3, -0.25) is 4.98 Å². The fourth-order valence-electron chi connectivity index (χ4n) is 1.65. The molecule has 0 aliphatic carbocycles. The summed E-state index contributed by atoms with van der Waals surface area (Å²) in [6.45, 7) is 2.69. The van der Waals surface area contributed by atoms with Crippen LogP contribution in [0, 0.1) is 5.82 Å². The van der Waals surface area contributed by atoms with Crippen molar-refractivity contribution in [2.45, 2.75) is 19.5 Å². The highest BCUT2D eigenvalue weighted by atomic mass is 19.1. The lowest BCUT2D eigenvalue weighted by molar-refractivity contribution is 0.559. The van der Waals surface area contributed by atoms with E-state index in [0.29, 0.717) is 6.54 Å². The SMILES string of the molecule is C[C@@H](NCc1ccccn1)c1cccc(F)c1. The number of hydrogen-bond donors (Lipinski definition) is 1. The highest BCUT2D eigenvalue weighted by Gasteiger charge is 2.05. The van der Waals surface area contributed by atoms with Gasteiger partial charge in [0.15, 0.2) is 0 Å². The first-order valence-corrected chi connectivity index (χ1v) is 5.64. The normalized spacial score (nSPS) is 12.4. The van der Waals surface area contributed by atoms with E-state index in [-0.39, 0.29) is 11.9 Å². The lowest BCUT2D eigenvalue weighted by Gasteiger charge is -2.13. The summed E-state index contributed by atoms with van der Waals surface area (Å²) >= 11 is 0. The summed E-state index contributed by atoms with van der Waals surface area (Å²) in [5.41, 5.74) is 1.93. The Balaban J connectivity index is 1.96. The quantitative estimate of drug-likeness (QED) is 0.873. The molecule has 2 rings (SSSR count). The maximum atomic E-state index is 13.1. The number of aromatic nitrogens is 1. The van der Waals surface area contributed by atoms with Crippen molar-refractivity contribution >= 4 is 0 Å². The molecule has 0 aliphatic rings. The zero-order chi connectivity index (χ0) is 12.1. The monoisotopic (exact) mass is 230 g/mol. The Bertz CT molecular complexity index is 471. The molecule has 1 atom stereocenters. The number of nitrogens with one attached hydrogen (secondary N) is 1. The van der Waals surface area contributed by atoms with Gasteiger partial charge in [-0.05, 0) is 36.8 Å². The van der Waals surface area contributed by atoms with E-state index < -0.39 is 0 Å². The molecule has 3 heteroatoms. The van der Waals surface area contributed by atoms with E-state index in [0.717, 1.165) is 11.3 Å². The molecule has 1 N–H and O–H groups in total. The van der Waals surface area contributed by atoms with Gasteiger partial charge in [0.1, 0.15) is 5.82 Å². The Labute approximate surface area is 101 Å². The van der Waals surface area contributed by atoms with Gasteiger partial charge in [-0.25, -0.2) is 4.39 Å². The van der Waals surface area contributed by atoms with Crippen molar-refractivity contribution in [1.82, 2.24) is 10.3 Å². The molecule has 1 aromatic heterocycles. The van der Waals surface area contributed by atoms with Crippen LogP contribution in [0.5, 0.6) is 0 Å². The third-order valence-corrected chi connectivity index (χ3v) is 2.66. The average molecular weight is 230 g/mol. The second kappa shape index (κ2) is 5.55. The second-order valence-electron chi connectivity index (χ2n) is 3.98. The maximum absolute atomic E-state index is 13.1. The largest absolute Gasteiger partial charge is 0.305 e. The van der Waals surface area contributed by atoms with E-state index in [1.165, 1.54) is 6.07 Å². The maximum Gasteiger partial charge on any atom is 0.123 e. The summed E-state index contributed by atoms with van der Waals surface area (Å²) in [6, 6.07) is 12.6. The van der Waals surface area contributed by atoms with Crippen molar-refractivity contribution in [3.8, 4) is 0 Å². The van der Waals surface area contributed by atoms with Crippen LogP contribution in [0.25, 0.3) is 0 Å². The Morgan fingerprint density at radius 2 is 2.12 bits per heavy atom. The average Bonchev–Trinajstić information content (AvgIpc) is 2.37. The molecule has 0 spiro atoms. The van der Waals surface area contributed by atoms with E-state index in [2.05, 4.69) is 10.3 Å². The van der Waals surface area contributed by atoms with Crippen molar-refractivity contribution in [1.29, 1.82) is 0 Å². The summed E-state index contributed by atoms with van der Waals surface area (Å²) < 4.78 is 13.1. The predicted octanol–water partition coefficient (Wildman–Crippen LogP) is 3.07. The summed E-state index contributed by atoms with van der Waals surface area (Å²) in [6.07, 6.45) is 1.77. The minimum absolute atomic E-state index is 0.104. The first-order chi connectivity index (χ1) is 8.25. The first kappa shape index (κ1) is 11.7. The zero-order valence-corrected chi connectivity index (χ0v) is 9.73. The molecule has 1 aromatic carbocycles. The fourth-order valence-corrected chi connectivity index (χ4v) is 1.65. The molecule has 0 aliphatic heterocycles. The Morgan fingerprint density at radius 1 is 1.24 bits per heavy atom. The number of pyridine rings is 1. The van der Waals surface area contributed by atoms with Crippen LogP contribution < -0.4 is 5.32 Å². The van der Waals surface area contributed by atoms with Crippen LogP contribution in [-0.4, -0.2) is 4.98 Å². The zero-order valence-electron chi connectivity index (χ0n) is 9.73. The molecule has 0 bridgehead atoms. The molecule has 0 radical (unpaired) electrons. The van der Waals surface area contributed by atoms with Crippen molar-refractivity contribution < 1.29 is 4.39 Å². The molecule has 0 saturated heterocycles. The fraction of sp³-hybridized carbons (Fsp3) is 0.214. The van der Waals surface area contributed by atoms with Crippen LogP contribution in [0.2, 0.25) is 0 Å². The number of benzene rings is 1. The molecule has 0 fully saturated rings. The second-order valence-corrected chi connectivity index (χ2v) is 3.98. The van der Waals surface area contributed by atoms with Crippen LogP contribution in [0.3, 0.4) is 0 Å². The minimum atomic E-state index is -0.200. The Morgan fingerprint density at radius 3 is 2.82 bits per heavy atom. The van der Waals surface area contributed by atoms with Gasteiger partial charge in [-0.1, -0.05) is 18.2 Å². The third kappa shape index (κ3) is 3.36. The predicted molar refractivity (Wildman–Crippen MR) is 65.9 cm³/mol. The van der Waals surface area contributed by atoms with Crippen molar-refractivity contribution in [2.75, 3.05) is 0 Å². The number of hydrogen-bond acceptors (Lipinski definition) is 2. The molecule has 0 saturated carbocycles. The molecule has 88 valence electrons. The lowest BCUT2D eigenvalue weighted by Crippen LogP contribution is -2.18. The topological polar surface area (TPSA) is 24.9 Å². The van der Waals surface area contributed by atoms with Crippen LogP contribution >= 0.6 is 0 Å². The number of halogens is 1. The van der Waals surface area contributed by atoms with Gasteiger partial charge in [-0.2, -0.15) is 0 Å². The summed E-state index contributed by atoms with van der Waals surface area (Å²) in [7, 11) is 0. The molecule has 0 unspecified atom stereocenters. The molecular weight excluding hydrogens is 215 g/mol. The Kier molecular flexibility index (Phi) is 3.83. The molecule has 17 heavy (non-hydrogen) atoms. The standard InChI is InChI=1S/C14H15FN2/c1-11(12-5-4-6-13(15)9-12)17-10-14-7-2-3-8-16-14/h2-9,11,17H,10H2,1H3/t11-/m1/s1. The van der Waals surface area contributed by atoms with Gasteiger partial charge in [0, 0.05) is 18.8 Å². The molecule has 0 amide bonds. The van der Waals surface area contributed by atoms with E-state index in [1.807, 2.05) is 31.2 Å². The van der Waals surface area contributed by atoms with E-state index >= 15 is 0 Å². The Hall–Kier alpha value is -1.74. The van der Waals surface area contributed by atoms with Gasteiger partial charge >= 0.3 is 0 Å². The summed E-state index contributed by atoms with van der Waals surface area (Å²) in [5.74, 6) is -0.200. The molecule has 2 nitrogen and oxygen atoms in total. The van der Waals surface area contributed by atoms with Gasteiger partial charge in [0.05, 0.1) is 5.69 Å². The smallest absolute Gasteiger partial charge is 0.123 e. The van der Waals surface area contributed by atoms with Crippen LogP contribution in [0.1, 0.15) is 24.2 Å². The van der Waals surface area contributed by atoms with Gasteiger partial charge in [0.25, 0.3) is 0 Å². The van der Waals surface area contributed by atoms with Crippen molar-refractivity contribution in [3.63, 3.8) is 0 Å². The third-order valence-electron chi connectivity index (χ3n) is 2.66. The first-order valence-electron chi connectivity index (χ1n) is 5.64. The molecular formula is C14H15FN2. The van der Waals surface area contributed by atoms with E-state index in [9.17, 15) is 4.39 Å². The van der Waals surface area contributed by atoms with Crippen molar-refractivity contribution in [3.05, 3.63) is 65.7 Å². The minimum Gasteiger partial charge on any atom is -0.305 e. The summed E-state index contributed by atoms with van der Waals surface area (Å²) in [5, 5.41) is 3.31. The van der Waals surface area contributed by atoms with Crippen LogP contribution in [0.4, 0.5) is 4.39 Å². The highest BCUT2D eigenvalue weighted by Crippen LogP contribution is 2.13. The van der Waals surface area contributed by atoms with Gasteiger partial charge in [0.2, 0.25) is 0 Å². The number of rotatable bonds is 4. The highest BCUT2D eigenvalue weighted by molar-refractivity contribution is 5.19. The molecule has 2 aromatic rings. The van der Waals surface area contributed by atoms with E-state index in [1.54, 1.807) is 18.3 Å². The van der Waals surface area contributed by atoms with Gasteiger partial charge in [-0.15, -0.1) is 0 Å². The van der Waals surface area contributed by atoms with Crippen LogP contribution in [-0.2, 0) is 6.54 Å². The van der Waals surface area contributed by atoms with Crippen molar-refractivity contribution in [2.24, 2.45) is 0 Å². The van der Waals surface area contributed by atoms with Crippen LogP contribution in [0.15, 0.2) is 48.7 Å². The van der Waals surface area contributed by atoms with E-state index in [4.69, 9.17) is 0 Å². The molecule has 1 heterocycles. The summed E-state index contributed by atoms with van der Waals surface area (Å²) in [4.78, 5) is 4.23. The number of nitrogens with zero attached hydrogens (tertiary/aromatic N) is 1.